The van der Waals surface area contributed by atoms with E-state index in [4.69, 9.17) is 8.83 Å². The molecule has 2 atom stereocenters. The van der Waals surface area contributed by atoms with E-state index in [-0.39, 0.29) is 34.4 Å². The average molecular weight is 813 g/mol. The molecule has 4 aliphatic rings. The number of nitrogens with zero attached hydrogens (tertiary/aromatic N) is 4. The van der Waals surface area contributed by atoms with Gasteiger partial charge in [-0.1, -0.05) is 6.42 Å². The minimum Gasteiger partial charge on any atom is -0.463 e. The fourth-order valence-corrected chi connectivity index (χ4v) is 11.5. The molecule has 0 amide bonds. The van der Waals surface area contributed by atoms with Gasteiger partial charge in [0.2, 0.25) is 0 Å². The summed E-state index contributed by atoms with van der Waals surface area (Å²) in [7, 11) is 4.40. The van der Waals surface area contributed by atoms with E-state index in [2.05, 4.69) is 51.2 Å². The van der Waals surface area contributed by atoms with E-state index in [0.29, 0.717) is 60.2 Å². The van der Waals surface area contributed by atoms with E-state index >= 15 is 0 Å². The molecule has 12 rings (SSSR count). The van der Waals surface area contributed by atoms with Crippen LogP contribution in [0.15, 0.2) is 85.4 Å². The maximum Gasteiger partial charge on any atom is 0.192 e. The lowest BCUT2D eigenvalue weighted by molar-refractivity contribution is 0.0986. The van der Waals surface area contributed by atoms with E-state index in [1.54, 1.807) is 6.07 Å². The van der Waals surface area contributed by atoms with Crippen molar-refractivity contribution in [2.45, 2.75) is 95.3 Å². The molecule has 2 fully saturated rings. The summed E-state index contributed by atoms with van der Waals surface area (Å²) < 4.78 is 17.8. The lowest BCUT2D eigenvalue weighted by Gasteiger charge is -2.42. The standard InChI is InChI=1S/C51H48N4O6/c1-52(28-5-3-6-28)22-4-23-54-37-15-7-30-32(13-20-42(30)57)47(37)49-40(54)18-11-35-44(59)27-45(61-51(35)49)33-9-14-36(33)53(2)24-25-55-38-16-8-29-31(12-19-41(29)56)46(38)48-39(55)17-10-34-43(58)21-26-60-50(34)48/h7-8,10-11,15-18,21,26-28,33,36H,3-6,9,12-14,19-20,22-25H2,1-2H3. The Morgan fingerprint density at radius 3 is 1.84 bits per heavy atom. The summed E-state index contributed by atoms with van der Waals surface area (Å²) in [4.78, 5) is 57.8. The van der Waals surface area contributed by atoms with E-state index in [1.165, 1.54) is 31.6 Å². The predicted octanol–water partition coefficient (Wildman–Crippen LogP) is 9.13. The molecular weight excluding hydrogens is 765 g/mol. The van der Waals surface area contributed by atoms with Crippen molar-refractivity contribution in [3.63, 3.8) is 0 Å². The van der Waals surface area contributed by atoms with Crippen LogP contribution in [0.25, 0.3) is 65.6 Å². The lowest BCUT2D eigenvalue weighted by Crippen LogP contribution is -2.45. The summed E-state index contributed by atoms with van der Waals surface area (Å²) in [5, 5.41) is 5.03. The predicted molar refractivity (Wildman–Crippen MR) is 240 cm³/mol. The quantitative estimate of drug-likeness (QED) is 0.135. The molecule has 4 aliphatic carbocycles. The van der Waals surface area contributed by atoms with Gasteiger partial charge in [-0.2, -0.15) is 0 Å². The van der Waals surface area contributed by atoms with Gasteiger partial charge < -0.3 is 27.8 Å². The number of rotatable bonds is 10. The van der Waals surface area contributed by atoms with E-state index in [9.17, 15) is 19.2 Å². The molecule has 2 saturated carbocycles. The second-order valence-corrected chi connectivity index (χ2v) is 18.2. The van der Waals surface area contributed by atoms with E-state index in [0.717, 1.165) is 111 Å². The molecule has 61 heavy (non-hydrogen) atoms. The lowest BCUT2D eigenvalue weighted by atomic mass is 9.76. The molecule has 4 aromatic carbocycles. The first-order valence-electron chi connectivity index (χ1n) is 22.2. The first-order valence-corrected chi connectivity index (χ1v) is 22.2. The Balaban J connectivity index is 0.901. The minimum absolute atomic E-state index is 0.0340. The number of fused-ring (bicyclic) bond motifs is 14. The number of aryl methyl sites for hydroxylation is 3. The number of hydrogen-bond acceptors (Lipinski definition) is 8. The van der Waals surface area contributed by atoms with Gasteiger partial charge in [-0.3, -0.25) is 19.2 Å². The second kappa shape index (κ2) is 13.8. The number of aromatic nitrogens is 2. The van der Waals surface area contributed by atoms with E-state index in [1.807, 2.05) is 30.3 Å². The molecule has 308 valence electrons. The smallest absolute Gasteiger partial charge is 0.192 e. The summed E-state index contributed by atoms with van der Waals surface area (Å²) in [5.74, 6) is 1.11. The highest BCUT2D eigenvalue weighted by Crippen LogP contribution is 2.45. The van der Waals surface area contributed by atoms with Crippen LogP contribution >= 0.6 is 0 Å². The zero-order valence-electron chi connectivity index (χ0n) is 34.7. The fourth-order valence-electron chi connectivity index (χ4n) is 11.5. The van der Waals surface area contributed by atoms with Gasteiger partial charge in [0.15, 0.2) is 22.4 Å². The maximum atomic E-state index is 14.1. The topological polar surface area (TPSA) is 111 Å². The molecule has 0 spiro atoms. The third-order valence-electron chi connectivity index (χ3n) is 15.2. The van der Waals surface area contributed by atoms with Crippen LogP contribution in [0.4, 0.5) is 0 Å². The monoisotopic (exact) mass is 812 g/mol. The Morgan fingerprint density at radius 1 is 0.607 bits per heavy atom. The van der Waals surface area contributed by atoms with Gasteiger partial charge >= 0.3 is 0 Å². The van der Waals surface area contributed by atoms with Crippen LogP contribution in [0, 0.1) is 0 Å². The number of benzene rings is 4. The zero-order chi connectivity index (χ0) is 41.3. The van der Waals surface area contributed by atoms with E-state index < -0.39 is 0 Å². The number of hydrogen-bond donors (Lipinski definition) is 0. The Morgan fingerprint density at radius 2 is 1.21 bits per heavy atom. The van der Waals surface area contributed by atoms with Gasteiger partial charge in [0.1, 0.15) is 16.9 Å². The van der Waals surface area contributed by atoms with Crippen LogP contribution in [0.1, 0.15) is 94.9 Å². The van der Waals surface area contributed by atoms with Gasteiger partial charge in [-0.05, 0) is 125 Å². The third kappa shape index (κ3) is 5.47. The van der Waals surface area contributed by atoms with Crippen LogP contribution in [-0.2, 0) is 25.9 Å². The molecule has 10 nitrogen and oxygen atoms in total. The van der Waals surface area contributed by atoms with Crippen molar-refractivity contribution in [1.29, 1.82) is 0 Å². The first kappa shape index (κ1) is 37.0. The number of carbonyl (C=O) groups is 2. The highest BCUT2D eigenvalue weighted by Gasteiger charge is 2.38. The van der Waals surface area contributed by atoms with Gasteiger partial charge in [0.25, 0.3) is 0 Å². The maximum absolute atomic E-state index is 14.1. The molecule has 8 aromatic rings. The zero-order valence-corrected chi connectivity index (χ0v) is 34.7. The van der Waals surface area contributed by atoms with Crippen molar-refractivity contribution in [2.75, 3.05) is 27.2 Å². The van der Waals surface area contributed by atoms with Gasteiger partial charge in [0.05, 0.1) is 38.8 Å². The Bertz CT molecular complexity index is 3330. The summed E-state index contributed by atoms with van der Waals surface area (Å²) in [5.41, 5.74) is 8.92. The van der Waals surface area contributed by atoms with Crippen molar-refractivity contribution >= 4 is 77.1 Å². The molecule has 0 N–H and O–H groups in total. The highest BCUT2D eigenvalue weighted by molar-refractivity contribution is 6.23. The normalized spacial score (nSPS) is 19.1. The van der Waals surface area contributed by atoms with Gasteiger partial charge in [0, 0.05) is 95.5 Å². The Labute approximate surface area is 351 Å². The molecule has 10 heteroatoms. The number of Topliss-reactive ketones (excluding diaryl/α,β-unsaturated/α-hetero) is 2. The number of carbonyl (C=O) groups excluding carboxylic acids is 2. The molecule has 4 aromatic heterocycles. The van der Waals surface area contributed by atoms with Crippen LogP contribution in [0.2, 0.25) is 0 Å². The molecule has 4 heterocycles. The SMILES string of the molecule is CN(CCCn1c2ccc3c(c2c2c4oc(C5CCC5N(C)CCn5c6ccc7c(c6c6c8occc(=O)c8ccc65)CCC7=O)cc(=O)c4ccc21)CCC3=O)C1CCC1. The largest absolute Gasteiger partial charge is 0.463 e. The van der Waals surface area contributed by atoms with Crippen LogP contribution in [0.3, 0.4) is 0 Å². The summed E-state index contributed by atoms with van der Waals surface area (Å²) in [6, 6.07) is 20.1. The molecule has 0 radical (unpaired) electrons. The van der Waals surface area contributed by atoms with Crippen LogP contribution < -0.4 is 10.9 Å². The summed E-state index contributed by atoms with van der Waals surface area (Å²) in [6.45, 7) is 3.27. The van der Waals surface area contributed by atoms with Crippen molar-refractivity contribution in [1.82, 2.24) is 18.9 Å². The Hall–Kier alpha value is -5.84. The first-order chi connectivity index (χ1) is 29.7. The highest BCUT2D eigenvalue weighted by atomic mass is 16.3. The number of ketones is 2. The van der Waals surface area contributed by atoms with Crippen molar-refractivity contribution in [2.24, 2.45) is 0 Å². The molecule has 0 saturated heterocycles. The number of likely N-dealkylation sites (N-methyl/N-ethyl adjacent to an activating group) is 1. The van der Waals surface area contributed by atoms with Gasteiger partial charge in [-0.25, -0.2) is 0 Å². The van der Waals surface area contributed by atoms with Crippen molar-refractivity contribution in [3.05, 3.63) is 115 Å². The second-order valence-electron chi connectivity index (χ2n) is 18.2. The van der Waals surface area contributed by atoms with Crippen molar-refractivity contribution in [3.8, 4) is 0 Å². The summed E-state index contributed by atoms with van der Waals surface area (Å²) in [6.07, 6.45) is 10.6. The van der Waals surface area contributed by atoms with Crippen LogP contribution in [0.5, 0.6) is 0 Å². The van der Waals surface area contributed by atoms with Crippen LogP contribution in [-0.4, -0.2) is 69.8 Å². The molecule has 0 aliphatic heterocycles. The molecule has 0 bridgehead atoms. The fraction of sp³-hybridized carbons (Fsp3) is 0.373. The molecule has 2 unspecified atom stereocenters. The average Bonchev–Trinajstić information content (AvgIpc) is 3.97. The molecular formula is C51H48N4O6. The Kier molecular flexibility index (Phi) is 8.39. The minimum atomic E-state index is -0.0863. The summed E-state index contributed by atoms with van der Waals surface area (Å²) >= 11 is 0. The third-order valence-corrected chi connectivity index (χ3v) is 15.2. The van der Waals surface area contributed by atoms with Gasteiger partial charge in [-0.15, -0.1) is 0 Å². The van der Waals surface area contributed by atoms with Crippen molar-refractivity contribution < 1.29 is 18.4 Å².